The number of methoxy groups -OCH3 is 1. The average molecular weight is 293 g/mol. The molecule has 0 bridgehead atoms. The van der Waals surface area contributed by atoms with Crippen molar-refractivity contribution in [3.63, 3.8) is 0 Å². The van der Waals surface area contributed by atoms with E-state index >= 15 is 0 Å². The first-order valence-corrected chi connectivity index (χ1v) is 6.70. The van der Waals surface area contributed by atoms with E-state index in [0.29, 0.717) is 30.5 Å². The Kier molecular flexibility index (Phi) is 3.85. The van der Waals surface area contributed by atoms with Gasteiger partial charge in [-0.05, 0) is 24.6 Å². The third-order valence-corrected chi connectivity index (χ3v) is 3.58. The molecule has 112 valence electrons. The second kappa shape index (κ2) is 5.79. The fourth-order valence-corrected chi connectivity index (χ4v) is 2.31. The lowest BCUT2D eigenvalue weighted by Crippen LogP contribution is -2.37. The number of hydrogen-bond acceptors (Lipinski definition) is 6. The number of nitrogens with zero attached hydrogens (tertiary/aromatic N) is 2. The van der Waals surface area contributed by atoms with Gasteiger partial charge in [0.2, 0.25) is 11.7 Å². The van der Waals surface area contributed by atoms with E-state index in [0.717, 1.165) is 6.42 Å². The van der Waals surface area contributed by atoms with Crippen molar-refractivity contribution in [3.8, 4) is 17.1 Å². The van der Waals surface area contributed by atoms with Crippen LogP contribution in [-0.2, 0) is 4.74 Å². The highest BCUT2D eigenvalue weighted by Crippen LogP contribution is 2.28. The van der Waals surface area contributed by atoms with Crippen molar-refractivity contribution < 1.29 is 18.4 Å². The average Bonchev–Trinajstić information content (AvgIpc) is 2.98. The van der Waals surface area contributed by atoms with Crippen molar-refractivity contribution in [1.82, 2.24) is 10.1 Å². The van der Waals surface area contributed by atoms with Crippen molar-refractivity contribution in [1.29, 1.82) is 0 Å². The SMILES string of the molecule is COc1cc(-c2noc(C3COCCC3N)n2)ccc1F. The Labute approximate surface area is 121 Å². The predicted molar refractivity (Wildman–Crippen MR) is 72.4 cm³/mol. The number of benzene rings is 1. The first kappa shape index (κ1) is 14.0. The van der Waals surface area contributed by atoms with Gasteiger partial charge >= 0.3 is 0 Å². The van der Waals surface area contributed by atoms with Crippen molar-refractivity contribution in [2.24, 2.45) is 5.73 Å². The molecule has 0 aliphatic carbocycles. The zero-order valence-corrected chi connectivity index (χ0v) is 11.6. The molecule has 1 aromatic carbocycles. The summed E-state index contributed by atoms with van der Waals surface area (Å²) in [5.41, 5.74) is 6.67. The quantitative estimate of drug-likeness (QED) is 0.927. The van der Waals surface area contributed by atoms with Crippen LogP contribution < -0.4 is 10.5 Å². The highest BCUT2D eigenvalue weighted by Gasteiger charge is 2.29. The van der Waals surface area contributed by atoms with Gasteiger partial charge in [-0.1, -0.05) is 5.16 Å². The summed E-state index contributed by atoms with van der Waals surface area (Å²) in [6.07, 6.45) is 0.757. The normalized spacial score (nSPS) is 22.2. The third-order valence-electron chi connectivity index (χ3n) is 3.58. The molecule has 3 rings (SSSR count). The smallest absolute Gasteiger partial charge is 0.233 e. The number of ether oxygens (including phenoxy) is 2. The fraction of sp³-hybridized carbons (Fsp3) is 0.429. The van der Waals surface area contributed by atoms with Crippen LogP contribution in [0.15, 0.2) is 22.7 Å². The first-order valence-electron chi connectivity index (χ1n) is 6.70. The lowest BCUT2D eigenvalue weighted by molar-refractivity contribution is 0.0590. The lowest BCUT2D eigenvalue weighted by atomic mass is 9.97. The summed E-state index contributed by atoms with van der Waals surface area (Å²) in [5, 5.41) is 3.93. The van der Waals surface area contributed by atoms with Crippen molar-refractivity contribution in [3.05, 3.63) is 29.9 Å². The molecule has 2 heterocycles. The molecule has 1 aliphatic heterocycles. The van der Waals surface area contributed by atoms with Gasteiger partial charge < -0.3 is 19.7 Å². The minimum Gasteiger partial charge on any atom is -0.494 e. The molecule has 0 saturated carbocycles. The second-order valence-corrected chi connectivity index (χ2v) is 4.94. The zero-order valence-electron chi connectivity index (χ0n) is 11.6. The van der Waals surface area contributed by atoms with E-state index in [1.807, 2.05) is 0 Å². The molecule has 2 N–H and O–H groups in total. The maximum atomic E-state index is 13.4. The van der Waals surface area contributed by atoms with Crippen LogP contribution in [-0.4, -0.2) is 36.5 Å². The number of rotatable bonds is 3. The number of hydrogen-bond donors (Lipinski definition) is 1. The maximum Gasteiger partial charge on any atom is 0.233 e. The van der Waals surface area contributed by atoms with Gasteiger partial charge in [0.15, 0.2) is 11.6 Å². The molecular weight excluding hydrogens is 277 g/mol. The van der Waals surface area contributed by atoms with Crippen LogP contribution in [0.4, 0.5) is 4.39 Å². The summed E-state index contributed by atoms with van der Waals surface area (Å²) in [6.45, 7) is 1.11. The van der Waals surface area contributed by atoms with Crippen LogP contribution in [0.2, 0.25) is 0 Å². The summed E-state index contributed by atoms with van der Waals surface area (Å²) in [4.78, 5) is 4.34. The van der Waals surface area contributed by atoms with Crippen LogP contribution >= 0.6 is 0 Å². The molecule has 0 radical (unpaired) electrons. The standard InChI is InChI=1S/C14H16FN3O3/c1-19-12-6-8(2-3-10(12)15)13-17-14(21-18-13)9-7-20-5-4-11(9)16/h2-3,6,9,11H,4-5,7,16H2,1H3. The van der Waals surface area contributed by atoms with Gasteiger partial charge in [0, 0.05) is 18.2 Å². The summed E-state index contributed by atoms with van der Waals surface area (Å²) < 4.78 is 29.0. The Morgan fingerprint density at radius 2 is 2.29 bits per heavy atom. The van der Waals surface area contributed by atoms with E-state index in [-0.39, 0.29) is 17.7 Å². The van der Waals surface area contributed by atoms with E-state index < -0.39 is 5.82 Å². The minimum absolute atomic E-state index is 0.0604. The summed E-state index contributed by atoms with van der Waals surface area (Å²) in [5.74, 6) is 0.410. The highest BCUT2D eigenvalue weighted by molar-refractivity contribution is 5.57. The van der Waals surface area contributed by atoms with Gasteiger partial charge in [-0.2, -0.15) is 4.98 Å². The van der Waals surface area contributed by atoms with Crippen LogP contribution in [0.3, 0.4) is 0 Å². The Bertz CT molecular complexity index is 632. The summed E-state index contributed by atoms with van der Waals surface area (Å²) >= 11 is 0. The molecular formula is C14H16FN3O3. The highest BCUT2D eigenvalue weighted by atomic mass is 19.1. The molecule has 2 atom stereocenters. The van der Waals surface area contributed by atoms with Gasteiger partial charge in [-0.3, -0.25) is 0 Å². The van der Waals surface area contributed by atoms with Crippen molar-refractivity contribution in [2.75, 3.05) is 20.3 Å². The zero-order chi connectivity index (χ0) is 14.8. The first-order chi connectivity index (χ1) is 10.2. The van der Waals surface area contributed by atoms with Crippen molar-refractivity contribution in [2.45, 2.75) is 18.4 Å². The molecule has 21 heavy (non-hydrogen) atoms. The van der Waals surface area contributed by atoms with Crippen molar-refractivity contribution >= 4 is 0 Å². The number of halogens is 1. The molecule has 2 aromatic rings. The van der Waals surface area contributed by atoms with E-state index in [4.69, 9.17) is 19.7 Å². The van der Waals surface area contributed by atoms with Crippen LogP contribution in [0.5, 0.6) is 5.75 Å². The third kappa shape index (κ3) is 2.74. The topological polar surface area (TPSA) is 83.4 Å². The minimum atomic E-state index is -0.437. The van der Waals surface area contributed by atoms with Crippen LogP contribution in [0, 0.1) is 5.82 Å². The molecule has 6 nitrogen and oxygen atoms in total. The van der Waals surface area contributed by atoms with Crippen LogP contribution in [0.1, 0.15) is 18.2 Å². The van der Waals surface area contributed by atoms with E-state index in [2.05, 4.69) is 10.1 Å². The maximum absolute atomic E-state index is 13.4. The molecule has 0 spiro atoms. The second-order valence-electron chi connectivity index (χ2n) is 4.94. The lowest BCUT2D eigenvalue weighted by Gasteiger charge is -2.25. The Morgan fingerprint density at radius 3 is 3.05 bits per heavy atom. The molecule has 7 heteroatoms. The fourth-order valence-electron chi connectivity index (χ4n) is 2.31. The van der Waals surface area contributed by atoms with Gasteiger partial charge in [0.1, 0.15) is 0 Å². The molecule has 0 amide bonds. The number of nitrogens with two attached hydrogens (primary N) is 1. The Balaban J connectivity index is 1.87. The van der Waals surface area contributed by atoms with Gasteiger partial charge in [0.05, 0.1) is 19.6 Å². The van der Waals surface area contributed by atoms with E-state index in [1.54, 1.807) is 6.07 Å². The Hall–Kier alpha value is -1.99. The molecule has 1 saturated heterocycles. The predicted octanol–water partition coefficient (Wildman–Crippen LogP) is 1.72. The van der Waals surface area contributed by atoms with Gasteiger partial charge in [-0.15, -0.1) is 0 Å². The largest absolute Gasteiger partial charge is 0.494 e. The summed E-state index contributed by atoms with van der Waals surface area (Å²) in [7, 11) is 1.40. The number of aromatic nitrogens is 2. The monoisotopic (exact) mass is 293 g/mol. The van der Waals surface area contributed by atoms with E-state index in [1.165, 1.54) is 19.2 Å². The van der Waals surface area contributed by atoms with Crippen LogP contribution in [0.25, 0.3) is 11.4 Å². The van der Waals surface area contributed by atoms with Gasteiger partial charge in [-0.25, -0.2) is 4.39 Å². The molecule has 2 unspecified atom stereocenters. The molecule has 1 fully saturated rings. The molecule has 1 aliphatic rings. The van der Waals surface area contributed by atoms with E-state index in [9.17, 15) is 4.39 Å². The van der Waals surface area contributed by atoms with Gasteiger partial charge in [0.25, 0.3) is 0 Å². The Morgan fingerprint density at radius 1 is 1.43 bits per heavy atom. The summed E-state index contributed by atoms with van der Waals surface area (Å²) in [6, 6.07) is 4.35. The molecule has 1 aromatic heterocycles.